The zero-order valence-corrected chi connectivity index (χ0v) is 27.9. The fraction of sp³-hybridized carbons (Fsp3) is 0.0870. The molecule has 0 N–H and O–H groups in total. The number of benzene rings is 7. The predicted octanol–water partition coefficient (Wildman–Crippen LogP) is 13.0. The third kappa shape index (κ3) is 4.73. The number of hydrogen-bond donors (Lipinski definition) is 0. The molecular formula is C46H36N2O. The summed E-state index contributed by atoms with van der Waals surface area (Å²) in [4.78, 5) is 4.74. The van der Waals surface area contributed by atoms with Crippen LogP contribution in [0.4, 0.5) is 34.1 Å². The lowest BCUT2D eigenvalue weighted by atomic mass is 9.72. The van der Waals surface area contributed by atoms with Gasteiger partial charge in [0.2, 0.25) is 0 Å². The Labute approximate surface area is 288 Å². The van der Waals surface area contributed by atoms with Gasteiger partial charge in [0.05, 0.1) is 17.1 Å². The maximum atomic E-state index is 6.49. The van der Waals surface area contributed by atoms with Crippen LogP contribution < -0.4 is 14.5 Å². The van der Waals surface area contributed by atoms with Crippen molar-refractivity contribution in [3.05, 3.63) is 180 Å². The Kier molecular flexibility index (Phi) is 6.70. The quantitative estimate of drug-likeness (QED) is 0.188. The van der Waals surface area contributed by atoms with Crippen LogP contribution in [0.1, 0.15) is 30.5 Å². The van der Waals surface area contributed by atoms with Gasteiger partial charge >= 0.3 is 0 Å². The Hall–Kier alpha value is -6.06. The first kappa shape index (κ1) is 29.1. The van der Waals surface area contributed by atoms with Gasteiger partial charge < -0.3 is 14.5 Å². The highest BCUT2D eigenvalue weighted by atomic mass is 16.5. The minimum atomic E-state index is -0.221. The third-order valence-electron chi connectivity index (χ3n) is 10.1. The van der Waals surface area contributed by atoms with E-state index >= 15 is 0 Å². The molecule has 0 unspecified atom stereocenters. The molecule has 0 atom stereocenters. The Morgan fingerprint density at radius 1 is 0.469 bits per heavy atom. The summed E-state index contributed by atoms with van der Waals surface area (Å²) >= 11 is 0. The number of anilines is 6. The monoisotopic (exact) mass is 632 g/mol. The highest BCUT2D eigenvalue weighted by Gasteiger charge is 2.42. The molecule has 49 heavy (non-hydrogen) atoms. The molecule has 0 amide bonds. The van der Waals surface area contributed by atoms with Crippen LogP contribution in [-0.4, -0.2) is 0 Å². The Bertz CT molecular complexity index is 2320. The van der Waals surface area contributed by atoms with Crippen molar-refractivity contribution in [2.75, 3.05) is 9.80 Å². The van der Waals surface area contributed by atoms with Crippen molar-refractivity contribution in [1.82, 2.24) is 0 Å². The molecule has 3 nitrogen and oxygen atoms in total. The summed E-state index contributed by atoms with van der Waals surface area (Å²) in [5, 5.41) is 0. The average molecular weight is 633 g/mol. The maximum absolute atomic E-state index is 6.49. The van der Waals surface area contributed by atoms with Crippen LogP contribution in [-0.2, 0) is 5.41 Å². The van der Waals surface area contributed by atoms with Crippen LogP contribution in [0.5, 0.6) is 11.5 Å². The normalized spacial score (nSPS) is 13.5. The standard InChI is InChI=1S/C46H36N2O/c1-31-14-10-24-42-44(31)48-41-27-26-35(30-40(41)46(2,3)39-23-13-25-43(49-42)45(39)48)33-16-11-15-32(28-33)34-17-12-22-38(29-34)47(36-18-6-4-7-19-36)37-20-8-5-9-21-37/h4-30H,1-3H3. The molecule has 2 heterocycles. The van der Waals surface area contributed by atoms with Crippen LogP contribution in [0, 0.1) is 6.92 Å². The molecule has 0 radical (unpaired) electrons. The van der Waals surface area contributed by atoms with E-state index in [4.69, 9.17) is 4.74 Å². The van der Waals surface area contributed by atoms with Crippen LogP contribution in [0.25, 0.3) is 22.3 Å². The number of nitrogens with zero attached hydrogens (tertiary/aromatic N) is 2. The molecule has 3 heteroatoms. The smallest absolute Gasteiger partial charge is 0.151 e. The zero-order chi connectivity index (χ0) is 33.1. The van der Waals surface area contributed by atoms with Gasteiger partial charge in [-0.3, -0.25) is 0 Å². The molecule has 0 fully saturated rings. The maximum Gasteiger partial charge on any atom is 0.151 e. The van der Waals surface area contributed by atoms with Gasteiger partial charge in [-0.05, 0) is 113 Å². The highest BCUT2D eigenvalue weighted by Crippen LogP contribution is 2.60. The number of ether oxygens (including phenoxy) is 1. The van der Waals surface area contributed by atoms with Crippen LogP contribution >= 0.6 is 0 Å². The number of aryl methyl sites for hydroxylation is 1. The van der Waals surface area contributed by atoms with Gasteiger partial charge in [-0.1, -0.05) is 111 Å². The lowest BCUT2D eigenvalue weighted by Crippen LogP contribution is -2.32. The number of para-hydroxylation sites is 4. The van der Waals surface area contributed by atoms with E-state index in [1.165, 1.54) is 44.6 Å². The molecule has 0 aliphatic carbocycles. The molecule has 0 bridgehead atoms. The number of rotatable bonds is 5. The lowest BCUT2D eigenvalue weighted by molar-refractivity contribution is 0.471. The second-order valence-corrected chi connectivity index (χ2v) is 13.5. The van der Waals surface area contributed by atoms with Gasteiger partial charge in [0.15, 0.2) is 11.5 Å². The first-order valence-corrected chi connectivity index (χ1v) is 16.9. The summed E-state index contributed by atoms with van der Waals surface area (Å²) in [5.41, 5.74) is 15.2. The van der Waals surface area contributed by atoms with E-state index in [0.29, 0.717) is 0 Å². The average Bonchev–Trinajstić information content (AvgIpc) is 3.14. The van der Waals surface area contributed by atoms with Crippen molar-refractivity contribution in [1.29, 1.82) is 0 Å². The van der Waals surface area contributed by atoms with Gasteiger partial charge in [-0.15, -0.1) is 0 Å². The second kappa shape index (κ2) is 11.3. The SMILES string of the molecule is Cc1cccc2c1N1c3ccc(-c4cccc(-c5cccc(N(c6ccccc6)c6ccccc6)c5)c4)cc3C(C)(C)c3cccc(c31)O2. The van der Waals surface area contributed by atoms with Crippen LogP contribution in [0.15, 0.2) is 164 Å². The molecule has 7 aromatic carbocycles. The van der Waals surface area contributed by atoms with Crippen molar-refractivity contribution in [2.24, 2.45) is 0 Å². The Morgan fingerprint density at radius 3 is 1.71 bits per heavy atom. The molecule has 0 aromatic heterocycles. The van der Waals surface area contributed by atoms with E-state index in [1.807, 2.05) is 0 Å². The fourth-order valence-corrected chi connectivity index (χ4v) is 7.67. The molecule has 2 aliphatic rings. The van der Waals surface area contributed by atoms with Gasteiger partial charge in [0.25, 0.3) is 0 Å². The lowest BCUT2D eigenvalue weighted by Gasteiger charge is -2.45. The molecule has 0 spiro atoms. The van der Waals surface area contributed by atoms with Crippen molar-refractivity contribution in [3.63, 3.8) is 0 Å². The molecular weight excluding hydrogens is 597 g/mol. The molecule has 7 aromatic rings. The van der Waals surface area contributed by atoms with Crippen molar-refractivity contribution in [2.45, 2.75) is 26.2 Å². The summed E-state index contributed by atoms with van der Waals surface area (Å²) in [7, 11) is 0. The van der Waals surface area contributed by atoms with Gasteiger partial charge in [-0.2, -0.15) is 0 Å². The van der Waals surface area contributed by atoms with E-state index in [-0.39, 0.29) is 5.41 Å². The summed E-state index contributed by atoms with van der Waals surface area (Å²) in [5.74, 6) is 1.80. The van der Waals surface area contributed by atoms with E-state index in [2.05, 4.69) is 194 Å². The minimum absolute atomic E-state index is 0.221. The Morgan fingerprint density at radius 2 is 1.02 bits per heavy atom. The topological polar surface area (TPSA) is 15.7 Å². The summed E-state index contributed by atoms with van der Waals surface area (Å²) < 4.78 is 6.49. The van der Waals surface area contributed by atoms with E-state index in [9.17, 15) is 0 Å². The summed E-state index contributed by atoms with van der Waals surface area (Å²) in [6, 6.07) is 58.7. The second-order valence-electron chi connectivity index (χ2n) is 13.5. The number of fused-ring (bicyclic) bond motifs is 4. The molecule has 2 aliphatic heterocycles. The molecule has 0 saturated heterocycles. The molecule has 236 valence electrons. The first-order chi connectivity index (χ1) is 24.0. The van der Waals surface area contributed by atoms with E-state index in [1.54, 1.807) is 0 Å². The van der Waals surface area contributed by atoms with Gasteiger partial charge in [0.1, 0.15) is 0 Å². The van der Waals surface area contributed by atoms with Gasteiger partial charge in [-0.25, -0.2) is 0 Å². The van der Waals surface area contributed by atoms with Crippen LogP contribution in [0.2, 0.25) is 0 Å². The first-order valence-electron chi connectivity index (χ1n) is 16.9. The highest BCUT2D eigenvalue weighted by molar-refractivity contribution is 5.95. The fourth-order valence-electron chi connectivity index (χ4n) is 7.67. The molecule has 0 saturated carbocycles. The largest absolute Gasteiger partial charge is 0.453 e. The van der Waals surface area contributed by atoms with E-state index < -0.39 is 0 Å². The van der Waals surface area contributed by atoms with E-state index in [0.717, 1.165) is 39.9 Å². The van der Waals surface area contributed by atoms with Crippen molar-refractivity contribution < 1.29 is 4.74 Å². The summed E-state index contributed by atoms with van der Waals surface area (Å²) in [6.07, 6.45) is 0. The van der Waals surface area contributed by atoms with Crippen molar-refractivity contribution >= 4 is 34.1 Å². The minimum Gasteiger partial charge on any atom is -0.453 e. The van der Waals surface area contributed by atoms with Crippen LogP contribution in [0.3, 0.4) is 0 Å². The number of hydrogen-bond acceptors (Lipinski definition) is 3. The zero-order valence-electron chi connectivity index (χ0n) is 27.9. The third-order valence-corrected chi connectivity index (χ3v) is 10.1. The summed E-state index contributed by atoms with van der Waals surface area (Å²) in [6.45, 7) is 6.84. The predicted molar refractivity (Wildman–Crippen MR) is 204 cm³/mol. The van der Waals surface area contributed by atoms with Gasteiger partial charge in [0, 0.05) is 22.5 Å². The Balaban J connectivity index is 1.13. The van der Waals surface area contributed by atoms with Crippen molar-refractivity contribution in [3.8, 4) is 33.8 Å². The molecule has 9 rings (SSSR count).